The van der Waals surface area contributed by atoms with E-state index in [0.717, 1.165) is 5.92 Å². The molecular weight excluding hydrogens is 258 g/mol. The molecule has 0 aromatic heterocycles. The highest BCUT2D eigenvalue weighted by Crippen LogP contribution is 2.44. The van der Waals surface area contributed by atoms with E-state index in [4.69, 9.17) is 5.84 Å². The van der Waals surface area contributed by atoms with Crippen molar-refractivity contribution in [3.63, 3.8) is 0 Å². The minimum Gasteiger partial charge on any atom is -0.302 e. The molecule has 0 spiro atoms. The molecule has 3 atom stereocenters. The van der Waals surface area contributed by atoms with Crippen molar-refractivity contribution >= 4 is 0 Å². The summed E-state index contributed by atoms with van der Waals surface area (Å²) in [7, 11) is 4.40. The van der Waals surface area contributed by atoms with Crippen LogP contribution in [0.15, 0.2) is 18.2 Å². The molecule has 0 heterocycles. The molecule has 118 valence electrons. The van der Waals surface area contributed by atoms with Gasteiger partial charge in [0.15, 0.2) is 0 Å². The Bertz CT molecular complexity index is 483. The van der Waals surface area contributed by atoms with Crippen molar-refractivity contribution in [2.45, 2.75) is 58.0 Å². The van der Waals surface area contributed by atoms with Gasteiger partial charge in [-0.15, -0.1) is 0 Å². The zero-order chi connectivity index (χ0) is 15.6. The highest BCUT2D eigenvalue weighted by Gasteiger charge is 2.44. The van der Waals surface area contributed by atoms with Crippen LogP contribution in [0.4, 0.5) is 0 Å². The molecule has 0 radical (unpaired) electrons. The number of nitrogens with zero attached hydrogens (tertiary/aromatic N) is 1. The molecule has 3 N–H and O–H groups in total. The zero-order valence-corrected chi connectivity index (χ0v) is 14.2. The van der Waals surface area contributed by atoms with Crippen LogP contribution in [0.5, 0.6) is 0 Å². The monoisotopic (exact) mass is 289 g/mol. The molecule has 0 amide bonds. The Morgan fingerprint density at radius 1 is 1.33 bits per heavy atom. The summed E-state index contributed by atoms with van der Waals surface area (Å²) in [6.07, 6.45) is 5.01. The van der Waals surface area contributed by atoms with Crippen LogP contribution in [-0.2, 0) is 0 Å². The molecule has 2 rings (SSSR count). The van der Waals surface area contributed by atoms with Gasteiger partial charge in [0.05, 0.1) is 6.04 Å². The number of hydrogen-bond donors (Lipinski definition) is 2. The number of likely N-dealkylation sites (N-methyl/N-ethyl adjacent to an activating group) is 1. The van der Waals surface area contributed by atoms with Gasteiger partial charge in [0.1, 0.15) is 0 Å². The van der Waals surface area contributed by atoms with Crippen molar-refractivity contribution in [3.05, 3.63) is 34.9 Å². The Morgan fingerprint density at radius 3 is 2.57 bits per heavy atom. The van der Waals surface area contributed by atoms with Crippen LogP contribution in [0.3, 0.4) is 0 Å². The van der Waals surface area contributed by atoms with Crippen LogP contribution in [-0.4, -0.2) is 24.5 Å². The van der Waals surface area contributed by atoms with E-state index in [2.05, 4.69) is 63.4 Å². The largest absolute Gasteiger partial charge is 0.302 e. The molecule has 1 aromatic rings. The van der Waals surface area contributed by atoms with Crippen LogP contribution >= 0.6 is 0 Å². The molecule has 0 aliphatic heterocycles. The molecule has 0 bridgehead atoms. The van der Waals surface area contributed by atoms with E-state index in [1.165, 1.54) is 42.4 Å². The summed E-state index contributed by atoms with van der Waals surface area (Å²) in [6.45, 7) is 6.71. The first-order chi connectivity index (χ1) is 9.90. The highest BCUT2D eigenvalue weighted by atomic mass is 15.3. The molecule has 3 unspecified atom stereocenters. The Balaban J connectivity index is 2.45. The second kappa shape index (κ2) is 6.47. The Morgan fingerprint density at radius 2 is 2.05 bits per heavy atom. The first kappa shape index (κ1) is 16.5. The van der Waals surface area contributed by atoms with Gasteiger partial charge in [-0.3, -0.25) is 11.3 Å². The van der Waals surface area contributed by atoms with E-state index in [0.29, 0.717) is 0 Å². The fourth-order valence-electron chi connectivity index (χ4n) is 4.17. The van der Waals surface area contributed by atoms with E-state index in [1.54, 1.807) is 0 Å². The fourth-order valence-corrected chi connectivity index (χ4v) is 4.17. The summed E-state index contributed by atoms with van der Waals surface area (Å²) < 4.78 is 0. The molecule has 1 fully saturated rings. The number of hydrazine groups is 1. The van der Waals surface area contributed by atoms with Crippen molar-refractivity contribution in [1.29, 1.82) is 0 Å². The van der Waals surface area contributed by atoms with E-state index in [1.807, 2.05) is 0 Å². The summed E-state index contributed by atoms with van der Waals surface area (Å²) in [6, 6.07) is 6.88. The standard InChI is InChI=1S/C18H31N3/c1-13-8-9-16(15(3)11-13)17(20-19)18(21(4)5)10-6-7-14(2)12-18/h8-9,11,14,17,20H,6-7,10,12,19H2,1-5H3. The minimum absolute atomic E-state index is 0.104. The summed E-state index contributed by atoms with van der Waals surface area (Å²) >= 11 is 0. The maximum Gasteiger partial charge on any atom is 0.0646 e. The van der Waals surface area contributed by atoms with Gasteiger partial charge in [0.25, 0.3) is 0 Å². The van der Waals surface area contributed by atoms with Crippen molar-refractivity contribution in [2.24, 2.45) is 11.8 Å². The number of rotatable bonds is 4. The van der Waals surface area contributed by atoms with E-state index >= 15 is 0 Å². The number of benzene rings is 1. The zero-order valence-electron chi connectivity index (χ0n) is 14.2. The Kier molecular flexibility index (Phi) is 5.07. The second-order valence-corrected chi connectivity index (χ2v) is 7.16. The van der Waals surface area contributed by atoms with Gasteiger partial charge < -0.3 is 4.90 Å². The molecular formula is C18H31N3. The lowest BCUT2D eigenvalue weighted by Crippen LogP contribution is -2.57. The number of aryl methyl sites for hydroxylation is 2. The summed E-state index contributed by atoms with van der Waals surface area (Å²) in [4.78, 5) is 2.40. The molecule has 1 aliphatic rings. The average Bonchev–Trinajstić information content (AvgIpc) is 2.41. The van der Waals surface area contributed by atoms with E-state index in [9.17, 15) is 0 Å². The summed E-state index contributed by atoms with van der Waals surface area (Å²) in [5.41, 5.74) is 7.23. The van der Waals surface area contributed by atoms with Gasteiger partial charge in [-0.05, 0) is 57.8 Å². The average molecular weight is 289 g/mol. The molecule has 0 saturated heterocycles. The SMILES string of the molecule is Cc1ccc(C(NN)C2(N(C)C)CCCC(C)C2)c(C)c1. The molecule has 1 aliphatic carbocycles. The lowest BCUT2D eigenvalue weighted by Gasteiger charge is -2.50. The predicted octanol–water partition coefficient (Wildman–Crippen LogP) is 3.32. The Hall–Kier alpha value is -0.900. The Labute approximate surface area is 129 Å². The van der Waals surface area contributed by atoms with Gasteiger partial charge in [0, 0.05) is 5.54 Å². The number of nitrogens with one attached hydrogen (secondary N) is 1. The quantitative estimate of drug-likeness (QED) is 0.660. The normalized spacial score (nSPS) is 27.9. The van der Waals surface area contributed by atoms with Crippen molar-refractivity contribution in [2.75, 3.05) is 14.1 Å². The first-order valence-electron chi connectivity index (χ1n) is 8.11. The lowest BCUT2D eigenvalue weighted by atomic mass is 9.69. The van der Waals surface area contributed by atoms with Crippen molar-refractivity contribution < 1.29 is 0 Å². The molecule has 1 saturated carbocycles. The van der Waals surface area contributed by atoms with Crippen LogP contribution in [0.25, 0.3) is 0 Å². The highest BCUT2D eigenvalue weighted by molar-refractivity contribution is 5.35. The lowest BCUT2D eigenvalue weighted by molar-refractivity contribution is 0.0364. The third-order valence-electron chi connectivity index (χ3n) is 5.34. The van der Waals surface area contributed by atoms with Crippen LogP contribution in [0.1, 0.15) is 55.3 Å². The molecule has 1 aromatic carbocycles. The van der Waals surface area contributed by atoms with Gasteiger partial charge in [-0.25, -0.2) is 0 Å². The number of hydrogen-bond acceptors (Lipinski definition) is 3. The van der Waals surface area contributed by atoms with Gasteiger partial charge >= 0.3 is 0 Å². The maximum absolute atomic E-state index is 6.03. The molecule has 3 heteroatoms. The van der Waals surface area contributed by atoms with Crippen LogP contribution < -0.4 is 11.3 Å². The fraction of sp³-hybridized carbons (Fsp3) is 0.667. The van der Waals surface area contributed by atoms with E-state index in [-0.39, 0.29) is 11.6 Å². The maximum atomic E-state index is 6.03. The topological polar surface area (TPSA) is 41.3 Å². The first-order valence-corrected chi connectivity index (χ1v) is 8.11. The predicted molar refractivity (Wildman–Crippen MR) is 90.0 cm³/mol. The smallest absolute Gasteiger partial charge is 0.0646 e. The van der Waals surface area contributed by atoms with Crippen LogP contribution in [0.2, 0.25) is 0 Å². The third kappa shape index (κ3) is 3.15. The van der Waals surface area contributed by atoms with Gasteiger partial charge in [-0.1, -0.05) is 43.5 Å². The third-order valence-corrected chi connectivity index (χ3v) is 5.34. The van der Waals surface area contributed by atoms with E-state index < -0.39 is 0 Å². The van der Waals surface area contributed by atoms with Gasteiger partial charge in [-0.2, -0.15) is 0 Å². The summed E-state index contributed by atoms with van der Waals surface area (Å²) in [5.74, 6) is 6.79. The molecule has 3 nitrogen and oxygen atoms in total. The molecule has 21 heavy (non-hydrogen) atoms. The summed E-state index contributed by atoms with van der Waals surface area (Å²) in [5, 5.41) is 0. The second-order valence-electron chi connectivity index (χ2n) is 7.16. The van der Waals surface area contributed by atoms with Crippen molar-refractivity contribution in [1.82, 2.24) is 10.3 Å². The van der Waals surface area contributed by atoms with Crippen molar-refractivity contribution in [3.8, 4) is 0 Å². The minimum atomic E-state index is 0.104. The van der Waals surface area contributed by atoms with Gasteiger partial charge in [0.2, 0.25) is 0 Å². The number of nitrogens with two attached hydrogens (primary N) is 1. The van der Waals surface area contributed by atoms with Crippen LogP contribution in [0, 0.1) is 19.8 Å².